The molecule has 1 aromatic heterocycles. The molecule has 0 aliphatic carbocycles. The molecule has 1 aromatic carbocycles. The first-order chi connectivity index (χ1) is 13.0. The molecule has 2 aromatic rings. The van der Waals surface area contributed by atoms with Gasteiger partial charge in [-0.25, -0.2) is 0 Å². The van der Waals surface area contributed by atoms with Crippen LogP contribution >= 0.6 is 24.0 Å². The molecule has 156 valence electrons. The Morgan fingerprint density at radius 3 is 2.46 bits per heavy atom. The van der Waals surface area contributed by atoms with E-state index in [4.69, 9.17) is 14.2 Å². The van der Waals surface area contributed by atoms with Gasteiger partial charge in [0.2, 0.25) is 0 Å². The number of halogens is 1. The number of anilines is 1. The average molecular weight is 503 g/mol. The summed E-state index contributed by atoms with van der Waals surface area (Å²) in [5, 5.41) is 11.2. The number of nitrogens with one attached hydrogen (secondary N) is 2. The maximum absolute atomic E-state index is 5.34. The van der Waals surface area contributed by atoms with E-state index in [-0.39, 0.29) is 24.0 Å². The highest BCUT2D eigenvalue weighted by molar-refractivity contribution is 14.0. The van der Waals surface area contributed by atoms with Crippen LogP contribution < -0.4 is 20.1 Å². The van der Waals surface area contributed by atoms with Crippen molar-refractivity contribution in [2.24, 2.45) is 4.99 Å². The summed E-state index contributed by atoms with van der Waals surface area (Å²) in [5.74, 6) is 2.00. The van der Waals surface area contributed by atoms with Gasteiger partial charge in [0.1, 0.15) is 0 Å². The number of aromatic nitrogens is 2. The number of benzene rings is 1. The van der Waals surface area contributed by atoms with Crippen LogP contribution in [0.25, 0.3) is 0 Å². The van der Waals surface area contributed by atoms with Gasteiger partial charge in [0.05, 0.1) is 33.1 Å². The fraction of sp³-hybridized carbons (Fsp3) is 0.474. The van der Waals surface area contributed by atoms with Crippen molar-refractivity contribution in [2.45, 2.75) is 26.9 Å². The lowest BCUT2D eigenvalue weighted by Crippen LogP contribution is -2.30. The number of ether oxygens (including phenoxy) is 3. The number of rotatable bonds is 8. The van der Waals surface area contributed by atoms with Gasteiger partial charge in [-0.1, -0.05) is 0 Å². The van der Waals surface area contributed by atoms with Crippen molar-refractivity contribution in [3.63, 3.8) is 0 Å². The molecule has 0 spiro atoms. The topological polar surface area (TPSA) is 81.9 Å². The Kier molecular flexibility index (Phi) is 10.1. The summed E-state index contributed by atoms with van der Waals surface area (Å²) in [6.45, 7) is 6.08. The van der Waals surface area contributed by atoms with Gasteiger partial charge in [0, 0.05) is 43.7 Å². The van der Waals surface area contributed by atoms with Gasteiger partial charge in [-0.2, -0.15) is 5.10 Å². The predicted molar refractivity (Wildman–Crippen MR) is 122 cm³/mol. The van der Waals surface area contributed by atoms with Gasteiger partial charge in [-0.15, -0.1) is 24.0 Å². The number of aliphatic imine (C=N–C) groups is 1. The van der Waals surface area contributed by atoms with Crippen LogP contribution in [0.1, 0.15) is 17.0 Å². The summed E-state index contributed by atoms with van der Waals surface area (Å²) >= 11 is 0. The molecule has 28 heavy (non-hydrogen) atoms. The van der Waals surface area contributed by atoms with Crippen LogP contribution in [-0.2, 0) is 17.8 Å². The number of aryl methyl sites for hydroxylation is 1. The van der Waals surface area contributed by atoms with Crippen molar-refractivity contribution in [1.82, 2.24) is 15.1 Å². The molecular formula is C19H30IN5O3. The van der Waals surface area contributed by atoms with Crippen molar-refractivity contribution in [3.05, 3.63) is 35.2 Å². The SMILES string of the molecule is CN=C(NCc1c(C)nn(CCOC)c1C)Nc1ccc(OC)c(OC)c1.I. The van der Waals surface area contributed by atoms with Crippen LogP contribution in [0.5, 0.6) is 11.5 Å². The zero-order valence-electron chi connectivity index (χ0n) is 17.3. The molecule has 8 nitrogen and oxygen atoms in total. The summed E-state index contributed by atoms with van der Waals surface area (Å²) in [6.07, 6.45) is 0. The lowest BCUT2D eigenvalue weighted by molar-refractivity contribution is 0.182. The monoisotopic (exact) mass is 503 g/mol. The predicted octanol–water partition coefficient (Wildman–Crippen LogP) is 2.97. The molecule has 1 heterocycles. The minimum atomic E-state index is 0. The average Bonchev–Trinajstić information content (AvgIpc) is 2.96. The molecule has 0 fully saturated rings. The summed E-state index contributed by atoms with van der Waals surface area (Å²) in [5.41, 5.74) is 4.13. The lowest BCUT2D eigenvalue weighted by Gasteiger charge is -2.14. The molecule has 0 unspecified atom stereocenters. The minimum absolute atomic E-state index is 0. The highest BCUT2D eigenvalue weighted by atomic mass is 127. The van der Waals surface area contributed by atoms with Gasteiger partial charge in [0.15, 0.2) is 17.5 Å². The molecule has 0 bridgehead atoms. The normalized spacial score (nSPS) is 11.0. The summed E-state index contributed by atoms with van der Waals surface area (Å²) in [4.78, 5) is 4.29. The standard InChI is InChI=1S/C19H29N5O3.HI/c1-13-16(14(2)24(23-13)9-10-25-4)12-21-19(20-3)22-15-7-8-17(26-5)18(11-15)27-6;/h7-8,11H,9-10,12H2,1-6H3,(H2,20,21,22);1H. The Morgan fingerprint density at radius 1 is 1.14 bits per heavy atom. The van der Waals surface area contributed by atoms with E-state index in [0.717, 1.165) is 29.2 Å². The molecule has 0 radical (unpaired) electrons. The number of hydrogen-bond acceptors (Lipinski definition) is 5. The highest BCUT2D eigenvalue weighted by Gasteiger charge is 2.12. The van der Waals surface area contributed by atoms with Crippen molar-refractivity contribution < 1.29 is 14.2 Å². The summed E-state index contributed by atoms with van der Waals surface area (Å²) < 4.78 is 17.7. The fourth-order valence-corrected chi connectivity index (χ4v) is 2.79. The van der Waals surface area contributed by atoms with Gasteiger partial charge in [-0.3, -0.25) is 9.67 Å². The smallest absolute Gasteiger partial charge is 0.195 e. The zero-order chi connectivity index (χ0) is 19.8. The second kappa shape index (κ2) is 11.7. The first-order valence-corrected chi connectivity index (χ1v) is 8.75. The lowest BCUT2D eigenvalue weighted by atomic mass is 10.2. The molecule has 0 atom stereocenters. The molecule has 0 aliphatic heterocycles. The molecule has 0 saturated carbocycles. The van der Waals surface area contributed by atoms with Gasteiger partial charge in [0.25, 0.3) is 0 Å². The van der Waals surface area contributed by atoms with E-state index in [1.807, 2.05) is 29.8 Å². The fourth-order valence-electron chi connectivity index (χ4n) is 2.79. The molecule has 2 N–H and O–H groups in total. The minimum Gasteiger partial charge on any atom is -0.493 e. The van der Waals surface area contributed by atoms with Crippen LogP contribution in [0.3, 0.4) is 0 Å². The Balaban J connectivity index is 0.00000392. The van der Waals surface area contributed by atoms with E-state index in [1.54, 1.807) is 28.4 Å². The first kappa shape index (κ1) is 24.0. The Bertz CT molecular complexity index is 792. The van der Waals surface area contributed by atoms with Crippen molar-refractivity contribution >= 4 is 35.6 Å². The molecule has 2 rings (SSSR count). The number of guanidine groups is 1. The van der Waals surface area contributed by atoms with E-state index in [9.17, 15) is 0 Å². The second-order valence-electron chi connectivity index (χ2n) is 5.99. The van der Waals surface area contributed by atoms with E-state index in [1.165, 1.54) is 0 Å². The van der Waals surface area contributed by atoms with Crippen molar-refractivity contribution in [1.29, 1.82) is 0 Å². The van der Waals surface area contributed by atoms with E-state index >= 15 is 0 Å². The zero-order valence-corrected chi connectivity index (χ0v) is 19.7. The summed E-state index contributed by atoms with van der Waals surface area (Å²) in [6, 6.07) is 5.63. The third-order valence-corrected chi connectivity index (χ3v) is 4.34. The van der Waals surface area contributed by atoms with Crippen molar-refractivity contribution in [3.8, 4) is 11.5 Å². The van der Waals surface area contributed by atoms with Gasteiger partial charge in [-0.05, 0) is 26.0 Å². The highest BCUT2D eigenvalue weighted by Crippen LogP contribution is 2.29. The van der Waals surface area contributed by atoms with Gasteiger partial charge >= 0.3 is 0 Å². The van der Waals surface area contributed by atoms with Crippen LogP contribution in [0.4, 0.5) is 5.69 Å². The van der Waals surface area contributed by atoms with Crippen LogP contribution in [0.2, 0.25) is 0 Å². The van der Waals surface area contributed by atoms with E-state index < -0.39 is 0 Å². The van der Waals surface area contributed by atoms with Gasteiger partial charge < -0.3 is 24.8 Å². The Hall–Kier alpha value is -2.01. The number of methoxy groups -OCH3 is 3. The molecular weight excluding hydrogens is 473 g/mol. The van der Waals surface area contributed by atoms with E-state index in [0.29, 0.717) is 30.6 Å². The number of nitrogens with zero attached hydrogens (tertiary/aromatic N) is 3. The second-order valence-corrected chi connectivity index (χ2v) is 5.99. The molecule has 0 saturated heterocycles. The quantitative estimate of drug-likeness (QED) is 0.328. The van der Waals surface area contributed by atoms with Crippen LogP contribution in [0.15, 0.2) is 23.2 Å². The third kappa shape index (κ3) is 5.99. The summed E-state index contributed by atoms with van der Waals surface area (Å²) in [7, 11) is 6.65. The maximum atomic E-state index is 5.34. The molecule has 0 amide bonds. The largest absolute Gasteiger partial charge is 0.493 e. The number of hydrogen-bond donors (Lipinski definition) is 2. The Labute approximate surface area is 183 Å². The van der Waals surface area contributed by atoms with Crippen LogP contribution in [0, 0.1) is 13.8 Å². The molecule has 9 heteroatoms. The molecule has 0 aliphatic rings. The van der Waals surface area contributed by atoms with Crippen LogP contribution in [-0.4, -0.2) is 50.7 Å². The Morgan fingerprint density at radius 2 is 1.86 bits per heavy atom. The maximum Gasteiger partial charge on any atom is 0.195 e. The van der Waals surface area contributed by atoms with E-state index in [2.05, 4.69) is 27.6 Å². The first-order valence-electron chi connectivity index (χ1n) is 8.75. The third-order valence-electron chi connectivity index (χ3n) is 4.34. The van der Waals surface area contributed by atoms with Crippen molar-refractivity contribution in [2.75, 3.05) is 40.3 Å².